The zero-order chi connectivity index (χ0) is 24.2. The van der Waals surface area contributed by atoms with Crippen LogP contribution in [-0.2, 0) is 17.8 Å². The first kappa shape index (κ1) is 23.3. The molecular weight excluding hydrogens is 440 g/mol. The molecule has 2 aliphatic rings. The number of nitrogens with two attached hydrogens (primary N) is 1. The minimum absolute atomic E-state index is 0.00532. The number of nitrogens with zero attached hydrogens (tertiary/aromatic N) is 3. The summed E-state index contributed by atoms with van der Waals surface area (Å²) in [6, 6.07) is 22.2. The predicted octanol–water partition coefficient (Wildman–Crippen LogP) is 4.80. The number of cyclic esters (lactones) is 1. The summed E-state index contributed by atoms with van der Waals surface area (Å²) in [6.07, 6.45) is 1.68. The summed E-state index contributed by atoms with van der Waals surface area (Å²) in [5, 5.41) is 0. The van der Waals surface area contributed by atoms with Crippen LogP contribution in [0.3, 0.4) is 0 Å². The highest BCUT2D eigenvalue weighted by atomic mass is 16.6. The quantitative estimate of drug-likeness (QED) is 0.532. The van der Waals surface area contributed by atoms with Crippen LogP contribution in [0.1, 0.15) is 41.3 Å². The van der Waals surface area contributed by atoms with Gasteiger partial charge in [-0.1, -0.05) is 48.5 Å². The fourth-order valence-corrected chi connectivity index (χ4v) is 4.97. The molecule has 182 valence electrons. The maximum atomic E-state index is 12.5. The van der Waals surface area contributed by atoms with E-state index in [1.165, 1.54) is 5.56 Å². The molecule has 0 bridgehead atoms. The van der Waals surface area contributed by atoms with Gasteiger partial charge < -0.3 is 15.2 Å². The fourth-order valence-electron chi connectivity index (χ4n) is 4.97. The van der Waals surface area contributed by atoms with E-state index in [0.717, 1.165) is 55.0 Å². The molecule has 0 radical (unpaired) electrons. The van der Waals surface area contributed by atoms with Crippen LogP contribution < -0.4 is 10.5 Å². The summed E-state index contributed by atoms with van der Waals surface area (Å²) in [5.41, 5.74) is 10.0. The van der Waals surface area contributed by atoms with Crippen LogP contribution in [0.2, 0.25) is 0 Å². The molecule has 2 fully saturated rings. The number of aromatic nitrogens is 1. The smallest absolute Gasteiger partial charge is 0.410 e. The third-order valence-electron chi connectivity index (χ3n) is 6.99. The summed E-state index contributed by atoms with van der Waals surface area (Å²) in [7, 11) is 0. The Hall–Kier alpha value is -3.42. The Labute approximate surface area is 206 Å². The van der Waals surface area contributed by atoms with Gasteiger partial charge in [-0.05, 0) is 48.6 Å². The Balaban J connectivity index is 1.17. The number of piperidine rings is 1. The van der Waals surface area contributed by atoms with Crippen molar-refractivity contribution < 1.29 is 14.3 Å². The first-order valence-electron chi connectivity index (χ1n) is 12.3. The third kappa shape index (κ3) is 5.31. The molecule has 1 aromatic heterocycles. The maximum absolute atomic E-state index is 12.5. The van der Waals surface area contributed by atoms with E-state index in [2.05, 4.69) is 28.1 Å². The molecule has 7 nitrogen and oxygen atoms in total. The van der Waals surface area contributed by atoms with E-state index in [4.69, 9.17) is 15.2 Å². The minimum atomic E-state index is -0.189. The lowest BCUT2D eigenvalue weighted by molar-refractivity contribution is 0.104. The Morgan fingerprint density at radius 3 is 2.46 bits per heavy atom. The molecular formula is C28H32N4O3. The summed E-state index contributed by atoms with van der Waals surface area (Å²) in [5.74, 6) is 1.34. The van der Waals surface area contributed by atoms with Crippen LogP contribution in [0, 0.1) is 6.92 Å². The topological polar surface area (TPSA) is 80.9 Å². The lowest BCUT2D eigenvalue weighted by Gasteiger charge is -2.38. The van der Waals surface area contributed by atoms with Crippen molar-refractivity contribution in [3.63, 3.8) is 0 Å². The normalized spacial score (nSPS) is 19.1. The number of carbonyl (C=O) groups is 1. The number of likely N-dealkylation sites (tertiary alicyclic amines) is 1. The molecule has 0 aliphatic carbocycles. The molecule has 1 unspecified atom stereocenters. The summed E-state index contributed by atoms with van der Waals surface area (Å²) < 4.78 is 11.4. The second kappa shape index (κ2) is 10.5. The summed E-state index contributed by atoms with van der Waals surface area (Å²) in [6.45, 7) is 5.67. The molecule has 5 rings (SSSR count). The first-order chi connectivity index (χ1) is 17.1. The number of rotatable bonds is 7. The fraction of sp³-hybridized carbons (Fsp3) is 0.357. The largest absolute Gasteiger partial charge is 0.447 e. The molecule has 7 heteroatoms. The van der Waals surface area contributed by atoms with Crippen molar-refractivity contribution in [2.75, 3.05) is 19.7 Å². The van der Waals surface area contributed by atoms with Gasteiger partial charge in [0, 0.05) is 44.0 Å². The molecule has 0 spiro atoms. The highest BCUT2D eigenvalue weighted by Gasteiger charge is 2.40. The van der Waals surface area contributed by atoms with Crippen molar-refractivity contribution >= 4 is 6.09 Å². The lowest BCUT2D eigenvalue weighted by atomic mass is 9.98. The third-order valence-corrected chi connectivity index (χ3v) is 6.99. The SMILES string of the molecule is Cc1nc(Oc2ccc(CN)cc2)ccc1CN1CCC(N2C(=O)OCC2c2ccccc2)CC1. The monoisotopic (exact) mass is 472 g/mol. The Bertz CT molecular complexity index is 1140. The molecule has 1 amide bonds. The van der Waals surface area contributed by atoms with Gasteiger partial charge in [0.15, 0.2) is 0 Å². The first-order valence-corrected chi connectivity index (χ1v) is 12.3. The van der Waals surface area contributed by atoms with Crippen molar-refractivity contribution in [1.82, 2.24) is 14.8 Å². The number of aryl methyl sites for hydroxylation is 1. The molecule has 1 atom stereocenters. The lowest BCUT2D eigenvalue weighted by Crippen LogP contribution is -2.46. The van der Waals surface area contributed by atoms with Crippen molar-refractivity contribution in [3.8, 4) is 11.6 Å². The molecule has 2 saturated heterocycles. The standard InChI is InChI=1S/C28H32N4O3/c1-20-23(9-12-27(30-20)35-25-10-7-21(17-29)8-11-25)18-31-15-13-24(14-16-31)32-26(19-34-28(32)33)22-5-3-2-4-6-22/h2-12,24,26H,13-19,29H2,1H3. The highest BCUT2D eigenvalue weighted by Crippen LogP contribution is 2.33. The van der Waals surface area contributed by atoms with Crippen molar-refractivity contribution in [3.05, 3.63) is 89.1 Å². The molecule has 3 heterocycles. The van der Waals surface area contributed by atoms with E-state index >= 15 is 0 Å². The number of hydrogen-bond donors (Lipinski definition) is 1. The molecule has 0 saturated carbocycles. The Morgan fingerprint density at radius 2 is 1.77 bits per heavy atom. The Morgan fingerprint density at radius 1 is 1.03 bits per heavy atom. The highest BCUT2D eigenvalue weighted by molar-refractivity contribution is 5.71. The minimum Gasteiger partial charge on any atom is -0.447 e. The zero-order valence-electron chi connectivity index (χ0n) is 20.1. The predicted molar refractivity (Wildman–Crippen MR) is 134 cm³/mol. The average Bonchev–Trinajstić information content (AvgIpc) is 3.28. The van der Waals surface area contributed by atoms with Gasteiger partial charge in [-0.15, -0.1) is 0 Å². The van der Waals surface area contributed by atoms with Gasteiger partial charge in [-0.2, -0.15) is 0 Å². The number of ether oxygens (including phenoxy) is 2. The molecule has 3 aromatic rings. The van der Waals surface area contributed by atoms with E-state index in [1.54, 1.807) is 0 Å². The molecule has 2 aliphatic heterocycles. The number of amides is 1. The van der Waals surface area contributed by atoms with Crippen molar-refractivity contribution in [2.24, 2.45) is 5.73 Å². The average molecular weight is 473 g/mol. The van der Waals surface area contributed by atoms with E-state index in [9.17, 15) is 4.79 Å². The van der Waals surface area contributed by atoms with E-state index in [-0.39, 0.29) is 18.2 Å². The second-order valence-corrected chi connectivity index (χ2v) is 9.26. The van der Waals surface area contributed by atoms with Gasteiger partial charge in [0.25, 0.3) is 0 Å². The van der Waals surface area contributed by atoms with Crippen LogP contribution in [-0.4, -0.2) is 46.6 Å². The maximum Gasteiger partial charge on any atom is 0.410 e. The van der Waals surface area contributed by atoms with Crippen LogP contribution in [0.15, 0.2) is 66.7 Å². The van der Waals surface area contributed by atoms with E-state index in [0.29, 0.717) is 19.0 Å². The van der Waals surface area contributed by atoms with Gasteiger partial charge in [-0.3, -0.25) is 9.80 Å². The van der Waals surface area contributed by atoms with Crippen molar-refractivity contribution in [2.45, 2.75) is 44.9 Å². The van der Waals surface area contributed by atoms with E-state index < -0.39 is 0 Å². The molecule has 2 N–H and O–H groups in total. The van der Waals surface area contributed by atoms with Crippen LogP contribution in [0.4, 0.5) is 4.79 Å². The van der Waals surface area contributed by atoms with Crippen LogP contribution >= 0.6 is 0 Å². The second-order valence-electron chi connectivity index (χ2n) is 9.26. The van der Waals surface area contributed by atoms with Crippen LogP contribution in [0.25, 0.3) is 0 Å². The van der Waals surface area contributed by atoms with E-state index in [1.807, 2.05) is 60.4 Å². The van der Waals surface area contributed by atoms with Gasteiger partial charge in [0.1, 0.15) is 12.4 Å². The van der Waals surface area contributed by atoms with Gasteiger partial charge in [0.05, 0.1) is 6.04 Å². The van der Waals surface area contributed by atoms with Gasteiger partial charge in [0.2, 0.25) is 5.88 Å². The van der Waals surface area contributed by atoms with Crippen LogP contribution in [0.5, 0.6) is 11.6 Å². The van der Waals surface area contributed by atoms with Gasteiger partial charge in [-0.25, -0.2) is 9.78 Å². The molecule has 35 heavy (non-hydrogen) atoms. The zero-order valence-corrected chi connectivity index (χ0v) is 20.1. The number of carbonyl (C=O) groups excluding carboxylic acids is 1. The number of hydrogen-bond acceptors (Lipinski definition) is 6. The number of pyridine rings is 1. The number of benzene rings is 2. The van der Waals surface area contributed by atoms with Gasteiger partial charge >= 0.3 is 6.09 Å². The summed E-state index contributed by atoms with van der Waals surface area (Å²) in [4.78, 5) is 21.6. The molecule has 2 aromatic carbocycles. The Kier molecular flexibility index (Phi) is 6.97. The summed E-state index contributed by atoms with van der Waals surface area (Å²) >= 11 is 0. The van der Waals surface area contributed by atoms with Crippen molar-refractivity contribution in [1.29, 1.82) is 0 Å².